The Hall–Kier alpha value is -3.02. The van der Waals surface area contributed by atoms with Gasteiger partial charge in [0.1, 0.15) is 5.82 Å². The first-order valence-electron chi connectivity index (χ1n) is 10.1. The monoisotopic (exact) mass is 393 g/mol. The van der Waals surface area contributed by atoms with E-state index in [1.165, 1.54) is 10.7 Å². The Labute approximate surface area is 168 Å². The predicted molar refractivity (Wildman–Crippen MR) is 110 cm³/mol. The third-order valence-corrected chi connectivity index (χ3v) is 5.80. The van der Waals surface area contributed by atoms with Crippen LogP contribution in [0.5, 0.6) is 0 Å². The van der Waals surface area contributed by atoms with Crippen molar-refractivity contribution in [3.8, 4) is 0 Å². The summed E-state index contributed by atoms with van der Waals surface area (Å²) in [4.78, 5) is 25.5. The molecule has 0 unspecified atom stereocenters. The van der Waals surface area contributed by atoms with Crippen LogP contribution in [-0.2, 0) is 23.3 Å². The van der Waals surface area contributed by atoms with Crippen molar-refractivity contribution in [1.82, 2.24) is 15.1 Å². The zero-order chi connectivity index (χ0) is 20.4. The minimum atomic E-state index is -0.683. The van der Waals surface area contributed by atoms with Gasteiger partial charge in [0.2, 0.25) is 5.91 Å². The first-order valence-corrected chi connectivity index (χ1v) is 10.1. The van der Waals surface area contributed by atoms with Gasteiger partial charge in [0.05, 0.1) is 23.0 Å². The Morgan fingerprint density at radius 3 is 2.45 bits per heavy atom. The van der Waals surface area contributed by atoms with Crippen molar-refractivity contribution in [2.75, 3.05) is 0 Å². The quantitative estimate of drug-likeness (QED) is 0.719. The maximum atomic E-state index is 14.5. The van der Waals surface area contributed by atoms with Gasteiger partial charge in [-0.05, 0) is 31.9 Å². The Balaban J connectivity index is 1.67. The molecule has 0 radical (unpaired) electrons. The SMILES string of the molecule is CCn1nc(CC(=O)NC2(c3ccccc3F)CCCC2)c2ccccc2c1=O. The normalized spacial score (nSPS) is 15.5. The fourth-order valence-corrected chi connectivity index (χ4v) is 4.40. The van der Waals surface area contributed by atoms with Crippen LogP contribution in [0.4, 0.5) is 4.39 Å². The van der Waals surface area contributed by atoms with Crippen LogP contribution in [-0.4, -0.2) is 15.7 Å². The zero-order valence-electron chi connectivity index (χ0n) is 16.5. The second-order valence-electron chi connectivity index (χ2n) is 7.61. The van der Waals surface area contributed by atoms with E-state index in [0.29, 0.717) is 41.4 Å². The van der Waals surface area contributed by atoms with E-state index >= 15 is 0 Å². The molecule has 0 spiro atoms. The van der Waals surface area contributed by atoms with Crippen molar-refractivity contribution in [3.05, 3.63) is 76.0 Å². The number of benzene rings is 2. The average Bonchev–Trinajstić information content (AvgIpc) is 3.19. The van der Waals surface area contributed by atoms with Crippen LogP contribution in [0, 0.1) is 5.82 Å². The molecule has 6 heteroatoms. The lowest BCUT2D eigenvalue weighted by Crippen LogP contribution is -2.45. The van der Waals surface area contributed by atoms with E-state index in [2.05, 4.69) is 10.4 Å². The molecule has 1 amide bonds. The van der Waals surface area contributed by atoms with E-state index in [0.717, 1.165) is 12.8 Å². The average molecular weight is 393 g/mol. The highest BCUT2D eigenvalue weighted by molar-refractivity contribution is 5.88. The Morgan fingerprint density at radius 2 is 1.76 bits per heavy atom. The molecule has 2 aromatic carbocycles. The highest BCUT2D eigenvalue weighted by Crippen LogP contribution is 2.39. The van der Waals surface area contributed by atoms with Crippen molar-refractivity contribution >= 4 is 16.7 Å². The number of carbonyl (C=O) groups excluding carboxylic acids is 1. The van der Waals surface area contributed by atoms with Gasteiger partial charge >= 0.3 is 0 Å². The Kier molecular flexibility index (Phi) is 5.18. The molecular formula is C23H24FN3O2. The molecule has 150 valence electrons. The summed E-state index contributed by atoms with van der Waals surface area (Å²) in [5.41, 5.74) is 0.256. The molecule has 1 aromatic heterocycles. The van der Waals surface area contributed by atoms with E-state index in [1.54, 1.807) is 30.3 Å². The Morgan fingerprint density at radius 1 is 1.10 bits per heavy atom. The van der Waals surface area contributed by atoms with Gasteiger partial charge in [0.25, 0.3) is 5.56 Å². The lowest BCUT2D eigenvalue weighted by Gasteiger charge is -2.31. The van der Waals surface area contributed by atoms with Gasteiger partial charge in [-0.25, -0.2) is 9.07 Å². The fourth-order valence-electron chi connectivity index (χ4n) is 4.40. The van der Waals surface area contributed by atoms with Crippen LogP contribution in [0.1, 0.15) is 43.9 Å². The number of rotatable bonds is 5. The summed E-state index contributed by atoms with van der Waals surface area (Å²) < 4.78 is 15.9. The van der Waals surface area contributed by atoms with Crippen LogP contribution in [0.3, 0.4) is 0 Å². The number of carbonyl (C=O) groups is 1. The largest absolute Gasteiger partial charge is 0.346 e. The van der Waals surface area contributed by atoms with Crippen molar-refractivity contribution in [1.29, 1.82) is 0 Å². The van der Waals surface area contributed by atoms with Crippen LogP contribution in [0.15, 0.2) is 53.3 Å². The van der Waals surface area contributed by atoms with Gasteiger partial charge in [-0.15, -0.1) is 0 Å². The van der Waals surface area contributed by atoms with E-state index in [1.807, 2.05) is 19.1 Å². The van der Waals surface area contributed by atoms with E-state index in [-0.39, 0.29) is 23.7 Å². The molecule has 29 heavy (non-hydrogen) atoms. The molecule has 5 nitrogen and oxygen atoms in total. The predicted octanol–water partition coefficient (Wildman–Crippen LogP) is 3.68. The van der Waals surface area contributed by atoms with E-state index in [9.17, 15) is 14.0 Å². The maximum absolute atomic E-state index is 14.5. The van der Waals surface area contributed by atoms with Crippen LogP contribution < -0.4 is 10.9 Å². The molecule has 1 fully saturated rings. The molecule has 1 aliphatic carbocycles. The molecule has 0 saturated heterocycles. The Bertz CT molecular complexity index is 1120. The molecule has 1 heterocycles. The minimum absolute atomic E-state index is 0.0387. The molecule has 3 aromatic rings. The summed E-state index contributed by atoms with van der Waals surface area (Å²) >= 11 is 0. The fraction of sp³-hybridized carbons (Fsp3) is 0.348. The molecular weight excluding hydrogens is 369 g/mol. The first-order chi connectivity index (χ1) is 14.0. The van der Waals surface area contributed by atoms with Crippen molar-refractivity contribution in [2.45, 2.75) is 51.1 Å². The topological polar surface area (TPSA) is 64.0 Å². The summed E-state index contributed by atoms with van der Waals surface area (Å²) in [5.74, 6) is -0.507. The van der Waals surface area contributed by atoms with Crippen LogP contribution in [0.25, 0.3) is 10.8 Å². The molecule has 0 bridgehead atoms. The number of aromatic nitrogens is 2. The maximum Gasteiger partial charge on any atom is 0.274 e. The highest BCUT2D eigenvalue weighted by Gasteiger charge is 2.39. The number of hydrogen-bond acceptors (Lipinski definition) is 3. The molecule has 0 aliphatic heterocycles. The number of amides is 1. The number of nitrogens with zero attached hydrogens (tertiary/aromatic N) is 2. The number of halogens is 1. The lowest BCUT2D eigenvalue weighted by molar-refractivity contribution is -0.122. The number of nitrogens with one attached hydrogen (secondary N) is 1. The molecule has 1 N–H and O–H groups in total. The van der Waals surface area contributed by atoms with Crippen LogP contribution >= 0.6 is 0 Å². The third-order valence-electron chi connectivity index (χ3n) is 5.80. The van der Waals surface area contributed by atoms with Crippen molar-refractivity contribution in [2.24, 2.45) is 0 Å². The molecule has 1 aliphatic rings. The van der Waals surface area contributed by atoms with Gasteiger partial charge in [-0.2, -0.15) is 5.10 Å². The number of hydrogen-bond donors (Lipinski definition) is 1. The standard InChI is InChI=1S/C23H24FN3O2/c1-2-27-22(29)17-10-4-3-9-16(17)20(26-27)15-21(28)25-23(13-7-8-14-23)18-11-5-6-12-19(18)24/h3-6,9-12H,2,7-8,13-15H2,1H3,(H,25,28). The summed E-state index contributed by atoms with van der Waals surface area (Å²) in [5, 5.41) is 8.76. The number of fused-ring (bicyclic) bond motifs is 1. The van der Waals surface area contributed by atoms with Crippen molar-refractivity contribution in [3.63, 3.8) is 0 Å². The molecule has 1 saturated carbocycles. The van der Waals surface area contributed by atoms with E-state index in [4.69, 9.17) is 0 Å². The number of aryl methyl sites for hydroxylation is 1. The smallest absolute Gasteiger partial charge is 0.274 e. The molecule has 0 atom stereocenters. The van der Waals surface area contributed by atoms with Crippen LogP contribution in [0.2, 0.25) is 0 Å². The van der Waals surface area contributed by atoms with Gasteiger partial charge in [-0.1, -0.05) is 49.2 Å². The second kappa shape index (κ2) is 7.78. The summed E-state index contributed by atoms with van der Waals surface area (Å²) in [6.45, 7) is 2.27. The first kappa shape index (κ1) is 19.3. The van der Waals surface area contributed by atoms with Gasteiger partial charge in [0, 0.05) is 17.5 Å². The third kappa shape index (κ3) is 3.55. The van der Waals surface area contributed by atoms with Gasteiger partial charge < -0.3 is 5.32 Å². The van der Waals surface area contributed by atoms with Gasteiger partial charge in [0.15, 0.2) is 0 Å². The molecule has 4 rings (SSSR count). The lowest BCUT2D eigenvalue weighted by atomic mass is 9.87. The summed E-state index contributed by atoms with van der Waals surface area (Å²) in [7, 11) is 0. The van der Waals surface area contributed by atoms with E-state index < -0.39 is 5.54 Å². The van der Waals surface area contributed by atoms with Crippen molar-refractivity contribution < 1.29 is 9.18 Å². The van der Waals surface area contributed by atoms with Gasteiger partial charge in [-0.3, -0.25) is 9.59 Å². The summed E-state index contributed by atoms with van der Waals surface area (Å²) in [6, 6.07) is 13.9. The summed E-state index contributed by atoms with van der Waals surface area (Å²) in [6.07, 6.45) is 3.34. The second-order valence-corrected chi connectivity index (χ2v) is 7.61. The highest BCUT2D eigenvalue weighted by atomic mass is 19.1. The minimum Gasteiger partial charge on any atom is -0.346 e. The zero-order valence-corrected chi connectivity index (χ0v) is 16.5.